The first-order valence-corrected chi connectivity index (χ1v) is 9.61. The summed E-state index contributed by atoms with van der Waals surface area (Å²) in [7, 11) is 1.70. The molecule has 7 nitrogen and oxygen atoms in total. The number of nitrogens with zero attached hydrogens (tertiary/aromatic N) is 4. The van der Waals surface area contributed by atoms with Gasteiger partial charge in [-0.1, -0.05) is 17.3 Å². The third kappa shape index (κ3) is 5.29. The lowest BCUT2D eigenvalue weighted by Gasteiger charge is -2.35. The first-order valence-electron chi connectivity index (χ1n) is 9.61. The molecule has 1 atom stereocenters. The van der Waals surface area contributed by atoms with Crippen molar-refractivity contribution in [3.8, 4) is 5.75 Å². The fourth-order valence-corrected chi connectivity index (χ4v) is 3.71. The van der Waals surface area contributed by atoms with Crippen LogP contribution in [0, 0.1) is 5.92 Å². The van der Waals surface area contributed by atoms with Gasteiger partial charge in [-0.3, -0.25) is 4.79 Å². The molecule has 1 fully saturated rings. The number of ether oxygens (including phenoxy) is 1. The highest BCUT2D eigenvalue weighted by atomic mass is 16.6. The lowest BCUT2D eigenvalue weighted by molar-refractivity contribution is 0.0680. The predicted molar refractivity (Wildman–Crippen MR) is 102 cm³/mol. The van der Waals surface area contributed by atoms with E-state index in [0.29, 0.717) is 12.5 Å². The van der Waals surface area contributed by atoms with E-state index in [1.54, 1.807) is 7.11 Å². The molecule has 27 heavy (non-hydrogen) atoms. The maximum Gasteiger partial charge on any atom is 0.277 e. The Bertz CT molecular complexity index is 720. The lowest BCUT2D eigenvalue weighted by Crippen LogP contribution is -2.43. The number of amides is 1. The molecule has 0 spiro atoms. The molecule has 2 heterocycles. The van der Waals surface area contributed by atoms with Crippen LogP contribution < -0.4 is 4.74 Å². The number of carbonyl (C=O) groups excluding carboxylic acids is 1. The maximum atomic E-state index is 12.5. The second kappa shape index (κ2) is 9.50. The van der Waals surface area contributed by atoms with Gasteiger partial charge in [0.2, 0.25) is 0 Å². The molecule has 2 aromatic rings. The lowest BCUT2D eigenvalue weighted by atomic mass is 9.96. The van der Waals surface area contributed by atoms with Crippen LogP contribution >= 0.6 is 0 Å². The van der Waals surface area contributed by atoms with Crippen molar-refractivity contribution in [1.29, 1.82) is 0 Å². The molecule has 0 radical (unpaired) electrons. The summed E-state index contributed by atoms with van der Waals surface area (Å²) >= 11 is 0. The Morgan fingerprint density at radius 1 is 1.44 bits per heavy atom. The van der Waals surface area contributed by atoms with Crippen LogP contribution in [0.25, 0.3) is 0 Å². The van der Waals surface area contributed by atoms with Crippen molar-refractivity contribution < 1.29 is 14.2 Å². The summed E-state index contributed by atoms with van der Waals surface area (Å²) in [6, 6.07) is 8.26. The number of hydrogen-bond donors (Lipinski definition) is 0. The molecule has 1 amide bonds. The van der Waals surface area contributed by atoms with Crippen molar-refractivity contribution in [3.05, 3.63) is 41.7 Å². The van der Waals surface area contributed by atoms with Crippen LogP contribution in [-0.2, 0) is 6.42 Å². The highest BCUT2D eigenvalue weighted by Crippen LogP contribution is 2.20. The summed E-state index contributed by atoms with van der Waals surface area (Å²) in [6.07, 6.45) is 4.70. The number of benzene rings is 1. The summed E-state index contributed by atoms with van der Waals surface area (Å²) in [6.45, 7) is 6.56. The van der Waals surface area contributed by atoms with Gasteiger partial charge in [0.1, 0.15) is 11.9 Å². The minimum atomic E-state index is -0.104. The predicted octanol–water partition coefficient (Wildman–Crippen LogP) is 2.50. The van der Waals surface area contributed by atoms with E-state index in [0.717, 1.165) is 44.8 Å². The van der Waals surface area contributed by atoms with Gasteiger partial charge in [0.15, 0.2) is 5.69 Å². The minimum Gasteiger partial charge on any atom is -0.497 e. The first kappa shape index (κ1) is 19.4. The standard InChI is InChI=1S/C20H28N4O3/c1-3-24(20(25)19-13-21-27-22-19)15-17-7-5-10-23(14-17)11-9-16-6-4-8-18(12-16)26-2/h4,6,8,12-13,17H,3,5,7,9-11,14-15H2,1-2H3/t17-/m1/s1. The van der Waals surface area contributed by atoms with Gasteiger partial charge in [-0.2, -0.15) is 0 Å². The van der Waals surface area contributed by atoms with Crippen LogP contribution in [0.5, 0.6) is 5.75 Å². The SMILES string of the molecule is CCN(C[C@@H]1CCCN(CCc2cccc(OC)c2)C1)C(=O)c1cnon1. The van der Waals surface area contributed by atoms with Crippen LogP contribution in [0.1, 0.15) is 35.8 Å². The molecule has 0 bridgehead atoms. The summed E-state index contributed by atoms with van der Waals surface area (Å²) in [5, 5.41) is 7.21. The van der Waals surface area contributed by atoms with Gasteiger partial charge in [-0.15, -0.1) is 0 Å². The highest BCUT2D eigenvalue weighted by Gasteiger charge is 2.25. The van der Waals surface area contributed by atoms with Crippen molar-refractivity contribution in [2.75, 3.05) is 39.8 Å². The normalized spacial score (nSPS) is 17.6. The van der Waals surface area contributed by atoms with Gasteiger partial charge < -0.3 is 14.5 Å². The zero-order valence-corrected chi connectivity index (χ0v) is 16.1. The van der Waals surface area contributed by atoms with E-state index in [2.05, 4.69) is 32.0 Å². The molecule has 146 valence electrons. The summed E-state index contributed by atoms with van der Waals surface area (Å²) < 4.78 is 9.87. The zero-order valence-electron chi connectivity index (χ0n) is 16.1. The van der Waals surface area contributed by atoms with Crippen LogP contribution in [-0.4, -0.2) is 65.9 Å². The Morgan fingerprint density at radius 3 is 3.07 bits per heavy atom. The Kier molecular flexibility index (Phi) is 6.81. The number of piperidine rings is 1. The molecule has 1 aromatic heterocycles. The van der Waals surface area contributed by atoms with Gasteiger partial charge in [0.25, 0.3) is 5.91 Å². The fraction of sp³-hybridized carbons (Fsp3) is 0.550. The first-order chi connectivity index (χ1) is 13.2. The topological polar surface area (TPSA) is 71.7 Å². The van der Waals surface area contributed by atoms with Gasteiger partial charge >= 0.3 is 0 Å². The third-order valence-electron chi connectivity index (χ3n) is 5.18. The molecule has 0 N–H and O–H groups in total. The van der Waals surface area contributed by atoms with Crippen molar-refractivity contribution in [1.82, 2.24) is 20.1 Å². The second-order valence-electron chi connectivity index (χ2n) is 7.05. The quantitative estimate of drug-likeness (QED) is 0.709. The maximum absolute atomic E-state index is 12.5. The highest BCUT2D eigenvalue weighted by molar-refractivity contribution is 5.91. The minimum absolute atomic E-state index is 0.104. The average Bonchev–Trinajstić information content (AvgIpc) is 3.25. The molecular formula is C20H28N4O3. The molecule has 0 aliphatic carbocycles. The zero-order chi connectivity index (χ0) is 19.1. The number of rotatable bonds is 8. The van der Waals surface area contributed by atoms with E-state index >= 15 is 0 Å². The van der Waals surface area contributed by atoms with Crippen LogP contribution in [0.3, 0.4) is 0 Å². The van der Waals surface area contributed by atoms with Gasteiger partial charge in [0.05, 0.1) is 7.11 Å². The molecule has 7 heteroatoms. The summed E-state index contributed by atoms with van der Waals surface area (Å²) in [5.41, 5.74) is 1.57. The molecule has 1 aliphatic heterocycles. The van der Waals surface area contributed by atoms with Crippen molar-refractivity contribution in [2.45, 2.75) is 26.2 Å². The molecular weight excluding hydrogens is 344 g/mol. The van der Waals surface area contributed by atoms with E-state index in [9.17, 15) is 4.79 Å². The van der Waals surface area contributed by atoms with E-state index < -0.39 is 0 Å². The number of aromatic nitrogens is 2. The van der Waals surface area contributed by atoms with Gasteiger partial charge in [-0.05, 0) is 61.5 Å². The number of hydrogen-bond acceptors (Lipinski definition) is 6. The summed E-state index contributed by atoms with van der Waals surface area (Å²) in [5.74, 6) is 1.28. The third-order valence-corrected chi connectivity index (χ3v) is 5.18. The van der Waals surface area contributed by atoms with E-state index in [1.165, 1.54) is 18.2 Å². The largest absolute Gasteiger partial charge is 0.497 e. The fourth-order valence-electron chi connectivity index (χ4n) is 3.71. The Morgan fingerprint density at radius 2 is 2.33 bits per heavy atom. The Balaban J connectivity index is 1.51. The van der Waals surface area contributed by atoms with Gasteiger partial charge in [-0.25, -0.2) is 4.63 Å². The Hall–Kier alpha value is -2.41. The molecule has 1 aromatic carbocycles. The van der Waals surface area contributed by atoms with Gasteiger partial charge in [0, 0.05) is 26.2 Å². The van der Waals surface area contributed by atoms with Crippen molar-refractivity contribution in [2.24, 2.45) is 5.92 Å². The average molecular weight is 372 g/mol. The molecule has 3 rings (SSSR count). The monoisotopic (exact) mass is 372 g/mol. The number of methoxy groups -OCH3 is 1. The number of carbonyl (C=O) groups is 1. The van der Waals surface area contributed by atoms with Crippen molar-refractivity contribution in [3.63, 3.8) is 0 Å². The smallest absolute Gasteiger partial charge is 0.277 e. The molecule has 0 saturated carbocycles. The molecule has 0 unspecified atom stereocenters. The van der Waals surface area contributed by atoms with Crippen LogP contribution in [0.2, 0.25) is 0 Å². The number of likely N-dealkylation sites (tertiary alicyclic amines) is 1. The second-order valence-corrected chi connectivity index (χ2v) is 7.05. The molecule has 1 aliphatic rings. The Labute approximate surface area is 160 Å². The van der Waals surface area contributed by atoms with Crippen molar-refractivity contribution >= 4 is 5.91 Å². The van der Waals surface area contributed by atoms with Crippen LogP contribution in [0.15, 0.2) is 35.1 Å². The van der Waals surface area contributed by atoms with E-state index in [1.807, 2.05) is 24.0 Å². The molecule has 1 saturated heterocycles. The summed E-state index contributed by atoms with van der Waals surface area (Å²) in [4.78, 5) is 16.8. The van der Waals surface area contributed by atoms with E-state index in [-0.39, 0.29) is 11.6 Å². The van der Waals surface area contributed by atoms with E-state index in [4.69, 9.17) is 4.74 Å². The van der Waals surface area contributed by atoms with Crippen LogP contribution in [0.4, 0.5) is 0 Å².